The Hall–Kier alpha value is -2.03. The highest BCUT2D eigenvalue weighted by atomic mass is 15.2. The number of aromatic nitrogens is 1. The van der Waals surface area contributed by atoms with Gasteiger partial charge in [0.1, 0.15) is 5.82 Å². The van der Waals surface area contributed by atoms with Gasteiger partial charge in [0.05, 0.1) is 11.4 Å². The highest BCUT2D eigenvalue weighted by Crippen LogP contribution is 2.30. The van der Waals surface area contributed by atoms with Crippen molar-refractivity contribution >= 4 is 17.2 Å². The Bertz CT molecular complexity index is 460. The number of nitrogens with zero attached hydrogens (tertiary/aromatic N) is 2. The number of aryl methyl sites for hydroxylation is 1. The number of anilines is 3. The molecule has 0 spiro atoms. The van der Waals surface area contributed by atoms with Crippen LogP contribution in [0.3, 0.4) is 0 Å². The monoisotopic (exact) mass is 213 g/mol. The number of rotatable bonds is 2. The lowest BCUT2D eigenvalue weighted by molar-refractivity contribution is 1.12. The molecular weight excluding hydrogens is 198 g/mol. The van der Waals surface area contributed by atoms with Gasteiger partial charge in [0.25, 0.3) is 0 Å². The van der Waals surface area contributed by atoms with Crippen LogP contribution in [0.15, 0.2) is 42.6 Å². The van der Waals surface area contributed by atoms with Crippen molar-refractivity contribution in [1.82, 2.24) is 4.98 Å². The van der Waals surface area contributed by atoms with Crippen LogP contribution in [0, 0.1) is 6.92 Å². The first-order valence-electron chi connectivity index (χ1n) is 5.20. The lowest BCUT2D eigenvalue weighted by atomic mass is 10.1. The van der Waals surface area contributed by atoms with E-state index in [1.165, 1.54) is 0 Å². The second-order valence-electron chi connectivity index (χ2n) is 3.76. The number of hydrogen-bond acceptors (Lipinski definition) is 3. The molecule has 0 saturated heterocycles. The van der Waals surface area contributed by atoms with Gasteiger partial charge in [-0.2, -0.15) is 0 Å². The maximum Gasteiger partial charge on any atom is 0.132 e. The Labute approximate surface area is 95.5 Å². The van der Waals surface area contributed by atoms with Crippen molar-refractivity contribution in [2.75, 3.05) is 17.7 Å². The van der Waals surface area contributed by atoms with Crippen molar-refractivity contribution in [1.29, 1.82) is 0 Å². The summed E-state index contributed by atoms with van der Waals surface area (Å²) in [7, 11) is 1.97. The van der Waals surface area contributed by atoms with Gasteiger partial charge in [0.2, 0.25) is 0 Å². The van der Waals surface area contributed by atoms with Crippen molar-refractivity contribution in [3.8, 4) is 0 Å². The smallest absolute Gasteiger partial charge is 0.132 e. The summed E-state index contributed by atoms with van der Waals surface area (Å²) in [6.45, 7) is 2.05. The fraction of sp³-hybridized carbons (Fsp3) is 0.154. The van der Waals surface area contributed by atoms with E-state index in [4.69, 9.17) is 5.73 Å². The van der Waals surface area contributed by atoms with Crippen molar-refractivity contribution < 1.29 is 0 Å². The first-order chi connectivity index (χ1) is 7.70. The van der Waals surface area contributed by atoms with Gasteiger partial charge in [-0.05, 0) is 30.7 Å². The minimum Gasteiger partial charge on any atom is -0.397 e. The summed E-state index contributed by atoms with van der Waals surface area (Å²) in [6.07, 6.45) is 1.78. The average Bonchev–Trinajstić information content (AvgIpc) is 2.30. The number of nitrogens with two attached hydrogens (primary N) is 1. The number of hydrogen-bond donors (Lipinski definition) is 1. The van der Waals surface area contributed by atoms with Gasteiger partial charge in [0, 0.05) is 13.2 Å². The fourth-order valence-corrected chi connectivity index (χ4v) is 1.81. The normalized spacial score (nSPS) is 10.1. The lowest BCUT2D eigenvalue weighted by Crippen LogP contribution is -2.14. The van der Waals surface area contributed by atoms with E-state index in [0.717, 1.165) is 22.8 Å². The molecular formula is C13H15N3. The minimum atomic E-state index is 0.771. The zero-order valence-electron chi connectivity index (χ0n) is 9.51. The van der Waals surface area contributed by atoms with Crippen LogP contribution < -0.4 is 10.6 Å². The molecule has 1 heterocycles. The molecule has 0 atom stereocenters. The van der Waals surface area contributed by atoms with Crippen LogP contribution in [0.4, 0.5) is 17.2 Å². The van der Waals surface area contributed by atoms with E-state index in [0.29, 0.717) is 0 Å². The quantitative estimate of drug-likeness (QED) is 0.780. The molecule has 1 aromatic heterocycles. The van der Waals surface area contributed by atoms with Crippen molar-refractivity contribution in [3.05, 3.63) is 48.2 Å². The molecule has 0 aliphatic carbocycles. The SMILES string of the molecule is Cc1cccc(N)c1N(C)c1ccccn1. The third kappa shape index (κ3) is 1.84. The zero-order chi connectivity index (χ0) is 11.5. The highest BCUT2D eigenvalue weighted by molar-refractivity contribution is 5.76. The lowest BCUT2D eigenvalue weighted by Gasteiger charge is -2.22. The second kappa shape index (κ2) is 4.23. The molecule has 0 radical (unpaired) electrons. The number of pyridine rings is 1. The molecule has 0 bridgehead atoms. The molecule has 82 valence electrons. The fourth-order valence-electron chi connectivity index (χ4n) is 1.81. The Morgan fingerprint density at radius 3 is 2.56 bits per heavy atom. The molecule has 3 nitrogen and oxygen atoms in total. The Balaban J connectivity index is 2.46. The van der Waals surface area contributed by atoms with Crippen LogP contribution in [-0.4, -0.2) is 12.0 Å². The number of para-hydroxylation sites is 1. The van der Waals surface area contributed by atoms with E-state index >= 15 is 0 Å². The van der Waals surface area contributed by atoms with Gasteiger partial charge in [-0.1, -0.05) is 18.2 Å². The molecule has 0 fully saturated rings. The first kappa shape index (κ1) is 10.5. The van der Waals surface area contributed by atoms with Gasteiger partial charge in [0.15, 0.2) is 0 Å². The van der Waals surface area contributed by atoms with Crippen LogP contribution in [0.2, 0.25) is 0 Å². The average molecular weight is 213 g/mol. The van der Waals surface area contributed by atoms with E-state index in [9.17, 15) is 0 Å². The van der Waals surface area contributed by atoms with E-state index in [1.807, 2.05) is 55.3 Å². The zero-order valence-corrected chi connectivity index (χ0v) is 9.51. The number of benzene rings is 1. The predicted molar refractivity (Wildman–Crippen MR) is 67.9 cm³/mol. The third-order valence-corrected chi connectivity index (χ3v) is 2.60. The Morgan fingerprint density at radius 1 is 1.12 bits per heavy atom. The molecule has 0 aliphatic rings. The molecule has 0 saturated carbocycles. The molecule has 2 N–H and O–H groups in total. The molecule has 0 unspecified atom stereocenters. The van der Waals surface area contributed by atoms with E-state index in [2.05, 4.69) is 4.98 Å². The van der Waals surface area contributed by atoms with Gasteiger partial charge < -0.3 is 10.6 Å². The van der Waals surface area contributed by atoms with E-state index < -0.39 is 0 Å². The summed E-state index contributed by atoms with van der Waals surface area (Å²) < 4.78 is 0. The third-order valence-electron chi connectivity index (χ3n) is 2.60. The summed E-state index contributed by atoms with van der Waals surface area (Å²) in [6, 6.07) is 11.7. The van der Waals surface area contributed by atoms with Crippen molar-refractivity contribution in [2.24, 2.45) is 0 Å². The Kier molecular flexibility index (Phi) is 2.77. The van der Waals surface area contributed by atoms with E-state index in [-0.39, 0.29) is 0 Å². The summed E-state index contributed by atoms with van der Waals surface area (Å²) in [4.78, 5) is 6.31. The summed E-state index contributed by atoms with van der Waals surface area (Å²) >= 11 is 0. The van der Waals surface area contributed by atoms with Crippen LogP contribution in [0.25, 0.3) is 0 Å². The summed E-state index contributed by atoms with van der Waals surface area (Å²) in [5.41, 5.74) is 8.92. The topological polar surface area (TPSA) is 42.1 Å². The molecule has 3 heteroatoms. The van der Waals surface area contributed by atoms with Crippen molar-refractivity contribution in [2.45, 2.75) is 6.92 Å². The van der Waals surface area contributed by atoms with Gasteiger partial charge in [-0.25, -0.2) is 4.98 Å². The molecule has 1 aromatic carbocycles. The standard InChI is InChI=1S/C13H15N3/c1-10-6-5-7-11(14)13(10)16(2)12-8-3-4-9-15-12/h3-9H,14H2,1-2H3. The first-order valence-corrected chi connectivity index (χ1v) is 5.20. The van der Waals surface area contributed by atoms with Crippen LogP contribution in [0.5, 0.6) is 0 Å². The predicted octanol–water partition coefficient (Wildman–Crippen LogP) is 2.74. The molecule has 0 aliphatic heterocycles. The molecule has 16 heavy (non-hydrogen) atoms. The van der Waals surface area contributed by atoms with Gasteiger partial charge in [-0.15, -0.1) is 0 Å². The van der Waals surface area contributed by atoms with Gasteiger partial charge >= 0.3 is 0 Å². The maximum atomic E-state index is 5.99. The highest BCUT2D eigenvalue weighted by Gasteiger charge is 2.10. The summed E-state index contributed by atoms with van der Waals surface area (Å²) in [5.74, 6) is 0.892. The maximum absolute atomic E-state index is 5.99. The number of nitrogen functional groups attached to an aromatic ring is 1. The largest absolute Gasteiger partial charge is 0.397 e. The summed E-state index contributed by atoms with van der Waals surface area (Å²) in [5, 5.41) is 0. The molecule has 0 amide bonds. The van der Waals surface area contributed by atoms with Crippen LogP contribution in [-0.2, 0) is 0 Å². The minimum absolute atomic E-state index is 0.771. The molecule has 2 aromatic rings. The van der Waals surface area contributed by atoms with Crippen molar-refractivity contribution in [3.63, 3.8) is 0 Å². The van der Waals surface area contributed by atoms with E-state index in [1.54, 1.807) is 6.20 Å². The van der Waals surface area contributed by atoms with Gasteiger partial charge in [-0.3, -0.25) is 0 Å². The van der Waals surface area contributed by atoms with Crippen LogP contribution in [0.1, 0.15) is 5.56 Å². The second-order valence-corrected chi connectivity index (χ2v) is 3.76. The molecule has 2 rings (SSSR count). The van der Waals surface area contributed by atoms with Crippen LogP contribution >= 0.6 is 0 Å². The Morgan fingerprint density at radius 2 is 1.94 bits per heavy atom.